The third-order valence-electron chi connectivity index (χ3n) is 4.80. The van der Waals surface area contributed by atoms with Crippen LogP contribution in [0.25, 0.3) is 0 Å². The lowest BCUT2D eigenvalue weighted by molar-refractivity contribution is -0.906. The van der Waals surface area contributed by atoms with Crippen molar-refractivity contribution in [3.63, 3.8) is 0 Å². The number of nitriles is 1. The maximum absolute atomic E-state index is 9.61. The highest BCUT2D eigenvalue weighted by Gasteiger charge is 2.17. The van der Waals surface area contributed by atoms with Crippen LogP contribution in [-0.2, 0) is 4.74 Å². The smallest absolute Gasteiger partial charge is 0.170 e. The molecule has 0 saturated carbocycles. The molecule has 2 aromatic rings. The topological polar surface area (TPSA) is 61.5 Å². The monoisotopic (exact) mass is 415 g/mol. The minimum Gasteiger partial charge on any atom is -0.370 e. The Hall–Kier alpha value is -2.17. The van der Waals surface area contributed by atoms with E-state index in [1.165, 1.54) is 4.90 Å². The molecule has 1 heterocycles. The molecule has 7 heteroatoms. The van der Waals surface area contributed by atoms with Crippen LogP contribution < -0.4 is 15.5 Å². The summed E-state index contributed by atoms with van der Waals surface area (Å²) in [5.41, 5.74) is 2.51. The molecule has 28 heavy (non-hydrogen) atoms. The molecule has 0 radical (unpaired) electrons. The van der Waals surface area contributed by atoms with Gasteiger partial charge in [0.1, 0.15) is 13.1 Å². The van der Waals surface area contributed by atoms with E-state index in [-0.39, 0.29) is 0 Å². The number of quaternary nitrogens is 1. The zero-order chi connectivity index (χ0) is 19.8. The van der Waals surface area contributed by atoms with Gasteiger partial charge in [-0.25, -0.2) is 0 Å². The highest BCUT2D eigenvalue weighted by atomic mass is 35.5. The Labute approximate surface area is 176 Å². The third-order valence-corrected chi connectivity index (χ3v) is 5.37. The summed E-state index contributed by atoms with van der Waals surface area (Å²) in [7, 11) is 0. The second-order valence-electron chi connectivity index (χ2n) is 6.70. The summed E-state index contributed by atoms with van der Waals surface area (Å²) in [4.78, 5) is 1.53. The standard InChI is InChI=1S/C21H23ClN4OS/c22-20-14-17(25-21(28)24-8-9-26-10-12-27-13-11-26)6-7-18(20)19(15-23)16-4-2-1-3-5-16/h1-7,14,19H,8-13H2,(H2,24,25,28)/p+1/t19-/m0/s1. The Morgan fingerprint density at radius 3 is 2.64 bits per heavy atom. The van der Waals surface area contributed by atoms with Gasteiger partial charge in [0.15, 0.2) is 5.11 Å². The SMILES string of the molecule is N#C[C@@H](c1ccccc1)c1ccc(NC(=S)NCC[NH+]2CCOCC2)cc1Cl. The summed E-state index contributed by atoms with van der Waals surface area (Å²) >= 11 is 11.9. The van der Waals surface area contributed by atoms with Crippen LogP contribution in [-0.4, -0.2) is 44.5 Å². The maximum Gasteiger partial charge on any atom is 0.170 e. The number of ether oxygens (including phenoxy) is 1. The van der Waals surface area contributed by atoms with E-state index < -0.39 is 5.92 Å². The molecule has 1 atom stereocenters. The first-order valence-electron chi connectivity index (χ1n) is 9.37. The van der Waals surface area contributed by atoms with Crippen LogP contribution in [0.15, 0.2) is 48.5 Å². The predicted molar refractivity (Wildman–Crippen MR) is 116 cm³/mol. The van der Waals surface area contributed by atoms with Gasteiger partial charge in [0.2, 0.25) is 0 Å². The number of thiocarbonyl (C=S) groups is 1. The number of nitrogens with one attached hydrogen (secondary N) is 3. The number of nitrogens with zero attached hydrogens (tertiary/aromatic N) is 1. The Balaban J connectivity index is 1.56. The molecule has 3 rings (SSSR count). The highest BCUT2D eigenvalue weighted by Crippen LogP contribution is 2.31. The predicted octanol–water partition coefficient (Wildman–Crippen LogP) is 2.20. The Morgan fingerprint density at radius 2 is 1.96 bits per heavy atom. The van der Waals surface area contributed by atoms with E-state index in [0.29, 0.717) is 10.1 Å². The van der Waals surface area contributed by atoms with Gasteiger partial charge in [-0.3, -0.25) is 0 Å². The van der Waals surface area contributed by atoms with Crippen molar-refractivity contribution >= 4 is 34.6 Å². The van der Waals surface area contributed by atoms with Gasteiger partial charge in [0.05, 0.1) is 38.3 Å². The average molecular weight is 416 g/mol. The zero-order valence-corrected chi connectivity index (χ0v) is 17.2. The molecule has 0 amide bonds. The molecule has 1 aliphatic heterocycles. The number of benzene rings is 2. The van der Waals surface area contributed by atoms with Gasteiger partial charge in [-0.05, 0) is 35.5 Å². The van der Waals surface area contributed by atoms with Gasteiger partial charge >= 0.3 is 0 Å². The first-order chi connectivity index (χ1) is 13.7. The number of rotatable bonds is 6. The number of morpholine rings is 1. The number of halogens is 1. The first-order valence-corrected chi connectivity index (χ1v) is 10.2. The average Bonchev–Trinajstić information content (AvgIpc) is 2.72. The second-order valence-corrected chi connectivity index (χ2v) is 7.52. The Morgan fingerprint density at radius 1 is 1.21 bits per heavy atom. The van der Waals surface area contributed by atoms with Gasteiger partial charge in [-0.2, -0.15) is 5.26 Å². The molecule has 1 fully saturated rings. The van der Waals surface area contributed by atoms with E-state index in [9.17, 15) is 5.26 Å². The molecule has 1 aliphatic rings. The quantitative estimate of drug-likeness (QED) is 0.631. The zero-order valence-electron chi connectivity index (χ0n) is 15.6. The van der Waals surface area contributed by atoms with Crippen LogP contribution in [0, 0.1) is 11.3 Å². The molecule has 5 nitrogen and oxygen atoms in total. The molecule has 0 unspecified atom stereocenters. The molecular weight excluding hydrogens is 392 g/mol. The van der Waals surface area contributed by atoms with Crippen LogP contribution in [0.2, 0.25) is 5.02 Å². The largest absolute Gasteiger partial charge is 0.370 e. The fourth-order valence-electron chi connectivity index (χ4n) is 3.25. The molecule has 3 N–H and O–H groups in total. The van der Waals surface area contributed by atoms with E-state index in [0.717, 1.165) is 56.2 Å². The van der Waals surface area contributed by atoms with Crippen molar-refractivity contribution in [1.29, 1.82) is 5.26 Å². The summed E-state index contributed by atoms with van der Waals surface area (Å²) in [6.45, 7) is 5.55. The van der Waals surface area contributed by atoms with Crippen molar-refractivity contribution in [1.82, 2.24) is 5.32 Å². The van der Waals surface area contributed by atoms with Gasteiger partial charge in [-0.1, -0.05) is 48.0 Å². The van der Waals surface area contributed by atoms with Crippen LogP contribution >= 0.6 is 23.8 Å². The Kier molecular flexibility index (Phi) is 7.63. The van der Waals surface area contributed by atoms with E-state index in [4.69, 9.17) is 28.6 Å². The third kappa shape index (κ3) is 5.66. The summed E-state index contributed by atoms with van der Waals surface area (Å²) in [6.07, 6.45) is 0. The van der Waals surface area contributed by atoms with Crippen molar-refractivity contribution in [2.75, 3.05) is 44.7 Å². The molecule has 1 saturated heterocycles. The van der Waals surface area contributed by atoms with Crippen LogP contribution in [0.1, 0.15) is 17.0 Å². The molecule has 146 valence electrons. The normalized spacial score (nSPS) is 15.4. The second kappa shape index (κ2) is 10.4. The fraction of sp³-hybridized carbons (Fsp3) is 0.333. The number of hydrogen-bond acceptors (Lipinski definition) is 3. The summed E-state index contributed by atoms with van der Waals surface area (Å²) < 4.78 is 5.37. The summed E-state index contributed by atoms with van der Waals surface area (Å²) in [6, 6.07) is 17.6. The minimum atomic E-state index is -0.399. The van der Waals surface area contributed by atoms with Gasteiger partial charge in [0, 0.05) is 10.7 Å². The molecular formula is C21H24ClN4OS+. The maximum atomic E-state index is 9.61. The van der Waals surface area contributed by atoms with Crippen molar-refractivity contribution < 1.29 is 9.64 Å². The Bertz CT molecular complexity index is 834. The van der Waals surface area contributed by atoms with E-state index >= 15 is 0 Å². The molecule has 0 spiro atoms. The van der Waals surface area contributed by atoms with Crippen LogP contribution in [0.3, 0.4) is 0 Å². The number of hydrogen-bond donors (Lipinski definition) is 3. The molecule has 0 aliphatic carbocycles. The van der Waals surface area contributed by atoms with E-state index in [1.807, 2.05) is 48.5 Å². The lowest BCUT2D eigenvalue weighted by atomic mass is 9.92. The molecule has 0 bridgehead atoms. The lowest BCUT2D eigenvalue weighted by Gasteiger charge is -2.24. The van der Waals surface area contributed by atoms with Crippen molar-refractivity contribution in [3.05, 3.63) is 64.7 Å². The van der Waals surface area contributed by atoms with E-state index in [1.54, 1.807) is 0 Å². The number of anilines is 1. The fourth-order valence-corrected chi connectivity index (χ4v) is 3.76. The highest BCUT2D eigenvalue weighted by molar-refractivity contribution is 7.80. The lowest BCUT2D eigenvalue weighted by Crippen LogP contribution is -3.14. The first kappa shape index (κ1) is 20.6. The van der Waals surface area contributed by atoms with Crippen molar-refractivity contribution in [3.8, 4) is 6.07 Å². The van der Waals surface area contributed by atoms with Gasteiger partial charge in [0.25, 0.3) is 0 Å². The van der Waals surface area contributed by atoms with Gasteiger partial charge < -0.3 is 20.3 Å². The van der Waals surface area contributed by atoms with Crippen molar-refractivity contribution in [2.24, 2.45) is 0 Å². The van der Waals surface area contributed by atoms with Crippen LogP contribution in [0.5, 0.6) is 0 Å². The van der Waals surface area contributed by atoms with E-state index in [2.05, 4.69) is 16.7 Å². The molecule has 2 aromatic carbocycles. The van der Waals surface area contributed by atoms with Crippen molar-refractivity contribution in [2.45, 2.75) is 5.92 Å². The minimum absolute atomic E-state index is 0.399. The van der Waals surface area contributed by atoms with Gasteiger partial charge in [-0.15, -0.1) is 0 Å². The summed E-state index contributed by atoms with van der Waals surface area (Å²) in [5.74, 6) is -0.399. The van der Waals surface area contributed by atoms with Crippen LogP contribution in [0.4, 0.5) is 5.69 Å². The summed E-state index contributed by atoms with van der Waals surface area (Å²) in [5, 5.41) is 17.1. The molecule has 0 aromatic heterocycles.